The Morgan fingerprint density at radius 1 is 1.47 bits per heavy atom. The maximum atomic E-state index is 12.2. The molecule has 0 aliphatic carbocycles. The molecule has 1 aliphatic heterocycles. The number of likely N-dealkylation sites (N-methyl/N-ethyl adjacent to an activating group) is 1. The van der Waals surface area contributed by atoms with Crippen LogP contribution in [0.2, 0.25) is 0 Å². The molecular weight excluding hydrogens is 240 g/mol. The van der Waals surface area contributed by atoms with Gasteiger partial charge in [-0.15, -0.1) is 0 Å². The van der Waals surface area contributed by atoms with Gasteiger partial charge in [0.15, 0.2) is 0 Å². The SMILES string of the molecule is CCc1cccc(C)c1N1CC(C)(CNC)OC1=O. The zero-order valence-electron chi connectivity index (χ0n) is 12.1. The molecule has 1 N–H and O–H groups in total. The summed E-state index contributed by atoms with van der Waals surface area (Å²) in [5.74, 6) is 0. The van der Waals surface area contributed by atoms with Crippen molar-refractivity contribution in [1.29, 1.82) is 0 Å². The van der Waals surface area contributed by atoms with E-state index in [1.54, 1.807) is 4.90 Å². The van der Waals surface area contributed by atoms with Gasteiger partial charge in [0.2, 0.25) is 0 Å². The molecule has 19 heavy (non-hydrogen) atoms. The molecule has 1 aliphatic rings. The van der Waals surface area contributed by atoms with Gasteiger partial charge in [-0.1, -0.05) is 25.1 Å². The number of para-hydroxylation sites is 1. The van der Waals surface area contributed by atoms with Crippen molar-refractivity contribution in [3.05, 3.63) is 29.3 Å². The van der Waals surface area contributed by atoms with Gasteiger partial charge in [0.25, 0.3) is 0 Å². The smallest absolute Gasteiger partial charge is 0.415 e. The van der Waals surface area contributed by atoms with E-state index in [2.05, 4.69) is 18.3 Å². The van der Waals surface area contributed by atoms with Gasteiger partial charge in [-0.05, 0) is 38.4 Å². The molecule has 1 unspecified atom stereocenters. The van der Waals surface area contributed by atoms with Gasteiger partial charge in [-0.3, -0.25) is 4.90 Å². The normalized spacial score (nSPS) is 22.7. The molecule has 1 fully saturated rings. The quantitative estimate of drug-likeness (QED) is 0.906. The van der Waals surface area contributed by atoms with Crippen LogP contribution in [0.25, 0.3) is 0 Å². The Kier molecular flexibility index (Phi) is 3.80. The summed E-state index contributed by atoms with van der Waals surface area (Å²) in [7, 11) is 1.87. The van der Waals surface area contributed by atoms with E-state index in [1.807, 2.05) is 33.0 Å². The number of nitrogens with one attached hydrogen (secondary N) is 1. The fraction of sp³-hybridized carbons (Fsp3) is 0.533. The first-order chi connectivity index (χ1) is 9.00. The standard InChI is InChI=1S/C15H22N2O2/c1-5-12-8-6-7-11(2)13(12)17-10-15(3,9-16-4)19-14(17)18/h6-8,16H,5,9-10H2,1-4H3. The summed E-state index contributed by atoms with van der Waals surface area (Å²) in [5.41, 5.74) is 2.85. The number of nitrogens with zero attached hydrogens (tertiary/aromatic N) is 1. The molecule has 1 atom stereocenters. The van der Waals surface area contributed by atoms with Crippen LogP contribution in [0.15, 0.2) is 18.2 Å². The molecule has 0 aromatic heterocycles. The Labute approximate surface area is 114 Å². The third-order valence-electron chi connectivity index (χ3n) is 3.57. The Hall–Kier alpha value is -1.55. The summed E-state index contributed by atoms with van der Waals surface area (Å²) in [4.78, 5) is 13.9. The van der Waals surface area contributed by atoms with E-state index in [4.69, 9.17) is 4.74 Å². The lowest BCUT2D eigenvalue weighted by molar-refractivity contribution is 0.0734. The van der Waals surface area contributed by atoms with Gasteiger partial charge >= 0.3 is 6.09 Å². The van der Waals surface area contributed by atoms with Crippen molar-refractivity contribution in [1.82, 2.24) is 5.32 Å². The highest BCUT2D eigenvalue weighted by Gasteiger charge is 2.42. The molecule has 104 valence electrons. The van der Waals surface area contributed by atoms with Crippen molar-refractivity contribution < 1.29 is 9.53 Å². The van der Waals surface area contributed by atoms with E-state index >= 15 is 0 Å². The van der Waals surface area contributed by atoms with Crippen molar-refractivity contribution in [3.63, 3.8) is 0 Å². The molecular formula is C15H22N2O2. The fourth-order valence-corrected chi connectivity index (χ4v) is 2.72. The van der Waals surface area contributed by atoms with E-state index in [-0.39, 0.29) is 6.09 Å². The lowest BCUT2D eigenvalue weighted by Gasteiger charge is -2.22. The summed E-state index contributed by atoms with van der Waals surface area (Å²) in [6, 6.07) is 6.14. The van der Waals surface area contributed by atoms with Crippen LogP contribution in [0.4, 0.5) is 10.5 Å². The monoisotopic (exact) mass is 262 g/mol. The van der Waals surface area contributed by atoms with Crippen LogP contribution < -0.4 is 10.2 Å². The minimum Gasteiger partial charge on any atom is -0.440 e. The first-order valence-electron chi connectivity index (χ1n) is 6.74. The predicted octanol–water partition coefficient (Wildman–Crippen LogP) is 2.49. The van der Waals surface area contributed by atoms with Crippen molar-refractivity contribution in [3.8, 4) is 0 Å². The van der Waals surface area contributed by atoms with Crippen LogP contribution in [-0.4, -0.2) is 31.8 Å². The molecule has 2 rings (SSSR count). The summed E-state index contributed by atoms with van der Waals surface area (Å²) in [5, 5.41) is 3.08. The maximum absolute atomic E-state index is 12.2. The van der Waals surface area contributed by atoms with Crippen molar-refractivity contribution in [2.45, 2.75) is 32.8 Å². The van der Waals surface area contributed by atoms with Gasteiger partial charge in [-0.25, -0.2) is 4.79 Å². The second kappa shape index (κ2) is 5.21. The minimum atomic E-state index is -0.459. The average Bonchev–Trinajstić information content (AvgIpc) is 2.64. The number of carbonyl (C=O) groups excluding carboxylic acids is 1. The number of rotatable bonds is 4. The number of anilines is 1. The summed E-state index contributed by atoms with van der Waals surface area (Å²) >= 11 is 0. The Morgan fingerprint density at radius 3 is 2.84 bits per heavy atom. The number of cyclic esters (lactones) is 1. The number of hydrogen-bond acceptors (Lipinski definition) is 3. The number of ether oxygens (including phenoxy) is 1. The Balaban J connectivity index is 2.36. The van der Waals surface area contributed by atoms with Crippen LogP contribution in [0.5, 0.6) is 0 Å². The summed E-state index contributed by atoms with van der Waals surface area (Å²) < 4.78 is 5.54. The molecule has 0 bridgehead atoms. The van der Waals surface area contributed by atoms with E-state index in [9.17, 15) is 4.79 Å². The molecule has 1 saturated heterocycles. The molecule has 0 spiro atoms. The number of carbonyl (C=O) groups is 1. The fourth-order valence-electron chi connectivity index (χ4n) is 2.72. The zero-order valence-corrected chi connectivity index (χ0v) is 12.1. The van der Waals surface area contributed by atoms with Crippen molar-refractivity contribution >= 4 is 11.8 Å². The topological polar surface area (TPSA) is 41.6 Å². The highest BCUT2D eigenvalue weighted by atomic mass is 16.6. The van der Waals surface area contributed by atoms with Gasteiger partial charge in [0.1, 0.15) is 5.60 Å². The third-order valence-corrected chi connectivity index (χ3v) is 3.57. The molecule has 0 saturated carbocycles. The van der Waals surface area contributed by atoms with Crippen LogP contribution >= 0.6 is 0 Å². The second-order valence-electron chi connectivity index (χ2n) is 5.37. The van der Waals surface area contributed by atoms with E-state index in [0.717, 1.165) is 17.7 Å². The largest absolute Gasteiger partial charge is 0.440 e. The minimum absolute atomic E-state index is 0.248. The van der Waals surface area contributed by atoms with Crippen LogP contribution in [-0.2, 0) is 11.2 Å². The molecule has 1 heterocycles. The van der Waals surface area contributed by atoms with Crippen LogP contribution in [0.3, 0.4) is 0 Å². The molecule has 1 amide bonds. The van der Waals surface area contributed by atoms with E-state index in [1.165, 1.54) is 5.56 Å². The second-order valence-corrected chi connectivity index (χ2v) is 5.37. The van der Waals surface area contributed by atoms with Crippen LogP contribution in [0, 0.1) is 6.92 Å². The first kappa shape index (κ1) is 13.9. The van der Waals surface area contributed by atoms with Gasteiger partial charge < -0.3 is 10.1 Å². The van der Waals surface area contributed by atoms with Gasteiger partial charge in [-0.2, -0.15) is 0 Å². The lowest BCUT2D eigenvalue weighted by Crippen LogP contribution is -2.40. The molecule has 0 radical (unpaired) electrons. The molecule has 4 heteroatoms. The molecule has 4 nitrogen and oxygen atoms in total. The van der Waals surface area contributed by atoms with Gasteiger partial charge in [0, 0.05) is 6.54 Å². The highest BCUT2D eigenvalue weighted by Crippen LogP contribution is 2.32. The summed E-state index contributed by atoms with van der Waals surface area (Å²) in [6.45, 7) is 7.35. The third kappa shape index (κ3) is 2.59. The predicted molar refractivity (Wildman–Crippen MR) is 76.7 cm³/mol. The average molecular weight is 262 g/mol. The Morgan fingerprint density at radius 2 is 2.21 bits per heavy atom. The van der Waals surface area contributed by atoms with E-state index in [0.29, 0.717) is 13.1 Å². The highest BCUT2D eigenvalue weighted by molar-refractivity contribution is 5.92. The van der Waals surface area contributed by atoms with Gasteiger partial charge in [0.05, 0.1) is 12.2 Å². The van der Waals surface area contributed by atoms with E-state index < -0.39 is 5.60 Å². The van der Waals surface area contributed by atoms with Crippen LogP contribution in [0.1, 0.15) is 25.0 Å². The molecule has 1 aromatic carbocycles. The lowest BCUT2D eigenvalue weighted by atomic mass is 10.0. The van der Waals surface area contributed by atoms with Crippen molar-refractivity contribution in [2.75, 3.05) is 25.0 Å². The number of amides is 1. The molecule has 1 aromatic rings. The number of benzene rings is 1. The maximum Gasteiger partial charge on any atom is 0.415 e. The number of aryl methyl sites for hydroxylation is 2. The van der Waals surface area contributed by atoms with Crippen molar-refractivity contribution in [2.24, 2.45) is 0 Å². The Bertz CT molecular complexity index is 487. The summed E-state index contributed by atoms with van der Waals surface area (Å²) in [6.07, 6.45) is 0.658. The first-order valence-corrected chi connectivity index (χ1v) is 6.74. The zero-order chi connectivity index (χ0) is 14.0. The number of hydrogen-bond donors (Lipinski definition) is 1.